The van der Waals surface area contributed by atoms with Crippen molar-refractivity contribution in [2.75, 3.05) is 0 Å². The van der Waals surface area contributed by atoms with E-state index in [1.165, 1.54) is 39.3 Å². The Morgan fingerprint density at radius 1 is 0.958 bits per heavy atom. The Hall–Kier alpha value is -2.02. The number of nitriles is 1. The van der Waals surface area contributed by atoms with Gasteiger partial charge in [0.25, 0.3) is 0 Å². The molecule has 2 fully saturated rings. The molecule has 0 radical (unpaired) electrons. The molecule has 2 saturated heterocycles. The highest BCUT2D eigenvalue weighted by Gasteiger charge is 2.33. The fraction of sp³-hybridized carbons (Fsp3) is 0.286. The summed E-state index contributed by atoms with van der Waals surface area (Å²) in [6.45, 7) is 0. The first kappa shape index (κ1) is 14.3. The van der Waals surface area contributed by atoms with E-state index in [1.807, 2.05) is 12.1 Å². The van der Waals surface area contributed by atoms with Gasteiger partial charge in [-0.15, -0.1) is 0 Å². The molecule has 1 N–H and O–H groups in total. The van der Waals surface area contributed by atoms with Crippen LogP contribution in [0, 0.1) is 11.3 Å². The number of hydrogen-bond acceptors (Lipinski definition) is 3. The van der Waals surface area contributed by atoms with Gasteiger partial charge in [0.05, 0.1) is 11.6 Å². The van der Waals surface area contributed by atoms with E-state index in [1.54, 1.807) is 17.3 Å². The van der Waals surface area contributed by atoms with Crippen LogP contribution in [0.4, 0.5) is 0 Å². The molecule has 24 heavy (non-hydrogen) atoms. The zero-order chi connectivity index (χ0) is 16.1. The van der Waals surface area contributed by atoms with Gasteiger partial charge >= 0.3 is 0 Å². The van der Waals surface area contributed by atoms with Gasteiger partial charge in [-0.25, -0.2) is 0 Å². The van der Waals surface area contributed by atoms with Crippen LogP contribution in [0.1, 0.15) is 42.4 Å². The van der Waals surface area contributed by atoms with Gasteiger partial charge in [-0.1, -0.05) is 41.6 Å². The minimum Gasteiger partial charge on any atom is -0.311 e. The largest absolute Gasteiger partial charge is 0.311 e. The highest BCUT2D eigenvalue weighted by molar-refractivity contribution is 7.99. The van der Waals surface area contributed by atoms with Gasteiger partial charge in [0, 0.05) is 21.9 Å². The monoisotopic (exact) mass is 330 g/mol. The first-order chi connectivity index (χ1) is 11.8. The van der Waals surface area contributed by atoms with Crippen LogP contribution in [-0.4, -0.2) is 12.1 Å². The third-order valence-electron chi connectivity index (χ3n) is 5.43. The van der Waals surface area contributed by atoms with Gasteiger partial charge in [0.1, 0.15) is 0 Å². The maximum absolute atomic E-state index is 9.25. The molecule has 0 aliphatic carbocycles. The normalized spacial score (nSPS) is 24.3. The molecular formula is C21H18N2S. The highest BCUT2D eigenvalue weighted by Crippen LogP contribution is 2.49. The predicted octanol–water partition coefficient (Wildman–Crippen LogP) is 4.74. The fourth-order valence-electron chi connectivity index (χ4n) is 4.40. The van der Waals surface area contributed by atoms with Crippen molar-refractivity contribution < 1.29 is 0 Å². The van der Waals surface area contributed by atoms with Crippen molar-refractivity contribution in [3.63, 3.8) is 0 Å². The van der Waals surface area contributed by atoms with Gasteiger partial charge in [-0.05, 0) is 60.6 Å². The van der Waals surface area contributed by atoms with Crippen molar-refractivity contribution in [2.24, 2.45) is 0 Å². The Bertz CT molecular complexity index is 892. The van der Waals surface area contributed by atoms with Gasteiger partial charge in [-0.3, -0.25) is 0 Å². The molecule has 3 heteroatoms. The molecule has 2 nitrogen and oxygen atoms in total. The van der Waals surface area contributed by atoms with E-state index in [-0.39, 0.29) is 0 Å². The molecular weight excluding hydrogens is 312 g/mol. The Labute approximate surface area is 146 Å². The zero-order valence-electron chi connectivity index (χ0n) is 13.4. The number of piperidine rings is 1. The molecule has 5 rings (SSSR count). The third-order valence-corrected chi connectivity index (χ3v) is 6.56. The molecule has 2 aromatic carbocycles. The second-order valence-electron chi connectivity index (χ2n) is 6.95. The number of fused-ring (bicyclic) bond motifs is 4. The SMILES string of the molecule is N#Cc1ccc2c(c1)Sc1ccccc1C2=C1CC2CCC(C1)N2. The number of rotatable bonds is 0. The lowest BCUT2D eigenvalue weighted by atomic mass is 9.86. The summed E-state index contributed by atoms with van der Waals surface area (Å²) in [7, 11) is 0. The lowest BCUT2D eigenvalue weighted by Crippen LogP contribution is -2.35. The summed E-state index contributed by atoms with van der Waals surface area (Å²) in [6.07, 6.45) is 4.92. The third kappa shape index (κ3) is 2.22. The summed E-state index contributed by atoms with van der Waals surface area (Å²) in [4.78, 5) is 2.54. The molecule has 2 unspecified atom stereocenters. The van der Waals surface area contributed by atoms with E-state index in [4.69, 9.17) is 0 Å². The lowest BCUT2D eigenvalue weighted by molar-refractivity contribution is 0.475. The quantitative estimate of drug-likeness (QED) is 0.647. The zero-order valence-corrected chi connectivity index (χ0v) is 14.2. The molecule has 0 spiro atoms. The smallest absolute Gasteiger partial charge is 0.0992 e. The number of nitrogens with zero attached hydrogens (tertiary/aromatic N) is 1. The molecule has 0 amide bonds. The van der Waals surface area contributed by atoms with Crippen LogP contribution in [0.5, 0.6) is 0 Å². The Morgan fingerprint density at radius 2 is 1.71 bits per heavy atom. The molecule has 3 heterocycles. The maximum Gasteiger partial charge on any atom is 0.0992 e. The summed E-state index contributed by atoms with van der Waals surface area (Å²) in [5.74, 6) is 0. The minimum atomic E-state index is 0.648. The molecule has 3 aliphatic rings. The highest BCUT2D eigenvalue weighted by atomic mass is 32.2. The van der Waals surface area contributed by atoms with Gasteiger partial charge < -0.3 is 5.32 Å². The van der Waals surface area contributed by atoms with Gasteiger partial charge in [0.15, 0.2) is 0 Å². The van der Waals surface area contributed by atoms with Crippen molar-refractivity contribution in [2.45, 2.75) is 47.6 Å². The maximum atomic E-state index is 9.25. The summed E-state index contributed by atoms with van der Waals surface area (Å²) in [6, 6.07) is 18.5. The summed E-state index contributed by atoms with van der Waals surface area (Å²) < 4.78 is 0. The van der Waals surface area contributed by atoms with E-state index in [0.29, 0.717) is 12.1 Å². The molecule has 118 valence electrons. The molecule has 3 aliphatic heterocycles. The number of benzene rings is 2. The molecule has 2 bridgehead atoms. The van der Waals surface area contributed by atoms with E-state index < -0.39 is 0 Å². The summed E-state index contributed by atoms with van der Waals surface area (Å²) in [5.41, 5.74) is 6.46. The van der Waals surface area contributed by atoms with Gasteiger partial charge in [0.2, 0.25) is 0 Å². The second-order valence-corrected chi connectivity index (χ2v) is 8.03. The number of hydrogen-bond donors (Lipinski definition) is 1. The average Bonchev–Trinajstić information content (AvgIpc) is 2.97. The molecule has 2 atom stereocenters. The van der Waals surface area contributed by atoms with Crippen LogP contribution < -0.4 is 5.32 Å². The topological polar surface area (TPSA) is 35.8 Å². The van der Waals surface area contributed by atoms with E-state index >= 15 is 0 Å². The fourth-order valence-corrected chi connectivity index (χ4v) is 5.53. The van der Waals surface area contributed by atoms with Crippen molar-refractivity contribution in [1.29, 1.82) is 5.26 Å². The van der Waals surface area contributed by atoms with E-state index in [0.717, 1.165) is 18.4 Å². The average molecular weight is 330 g/mol. The Kier molecular flexibility index (Phi) is 3.29. The van der Waals surface area contributed by atoms with Crippen molar-refractivity contribution >= 4 is 17.3 Å². The van der Waals surface area contributed by atoms with Crippen LogP contribution >= 0.6 is 11.8 Å². The van der Waals surface area contributed by atoms with Crippen LogP contribution in [0.25, 0.3) is 5.57 Å². The summed E-state index contributed by atoms with van der Waals surface area (Å²) >= 11 is 1.80. The molecule has 2 aromatic rings. The van der Waals surface area contributed by atoms with Gasteiger partial charge in [-0.2, -0.15) is 5.26 Å². The number of nitrogens with one attached hydrogen (secondary N) is 1. The lowest BCUT2D eigenvalue weighted by Gasteiger charge is -2.30. The van der Waals surface area contributed by atoms with Crippen LogP contribution in [0.3, 0.4) is 0 Å². The predicted molar refractivity (Wildman–Crippen MR) is 96.9 cm³/mol. The standard InChI is InChI=1S/C21H18N2S/c22-12-13-5-8-18-20(9-13)24-19-4-2-1-3-17(19)21(18)14-10-15-6-7-16(11-14)23-15/h1-5,8-9,15-16,23H,6-7,10-11H2. The van der Waals surface area contributed by atoms with E-state index in [2.05, 4.69) is 41.7 Å². The van der Waals surface area contributed by atoms with E-state index in [9.17, 15) is 5.26 Å². The Morgan fingerprint density at radius 3 is 2.50 bits per heavy atom. The summed E-state index contributed by atoms with van der Waals surface area (Å²) in [5, 5.41) is 13.0. The van der Waals surface area contributed by atoms with Crippen LogP contribution in [-0.2, 0) is 0 Å². The van der Waals surface area contributed by atoms with Crippen molar-refractivity contribution in [3.05, 3.63) is 64.7 Å². The minimum absolute atomic E-state index is 0.648. The van der Waals surface area contributed by atoms with Crippen molar-refractivity contribution in [3.8, 4) is 6.07 Å². The first-order valence-electron chi connectivity index (χ1n) is 8.61. The first-order valence-corrected chi connectivity index (χ1v) is 9.43. The van der Waals surface area contributed by atoms with Crippen molar-refractivity contribution in [1.82, 2.24) is 5.32 Å². The Balaban J connectivity index is 1.73. The molecule has 0 aromatic heterocycles. The molecule has 0 saturated carbocycles. The van der Waals surface area contributed by atoms with Crippen LogP contribution in [0.15, 0.2) is 57.8 Å². The second kappa shape index (κ2) is 5.51. The van der Waals surface area contributed by atoms with Crippen LogP contribution in [0.2, 0.25) is 0 Å².